The first-order chi connectivity index (χ1) is 16.6. The highest BCUT2D eigenvalue weighted by atomic mass is 19.4. The van der Waals surface area contributed by atoms with Crippen molar-refractivity contribution in [1.29, 1.82) is 0 Å². The average molecular weight is 486 g/mol. The molecule has 0 fully saturated rings. The largest absolute Gasteiger partial charge is 0.491 e. The molecule has 184 valence electrons. The predicted molar refractivity (Wildman–Crippen MR) is 124 cm³/mol. The minimum absolute atomic E-state index is 0.00896. The summed E-state index contributed by atoms with van der Waals surface area (Å²) in [6, 6.07) is 12.2. The van der Waals surface area contributed by atoms with Crippen LogP contribution in [0, 0.1) is 13.8 Å². The van der Waals surface area contributed by atoms with Crippen LogP contribution < -0.4 is 10.1 Å². The number of hydrogen-bond acceptors (Lipinski definition) is 5. The lowest BCUT2D eigenvalue weighted by molar-refractivity contribution is -0.137. The lowest BCUT2D eigenvalue weighted by Crippen LogP contribution is -2.35. The Morgan fingerprint density at radius 1 is 1.17 bits per heavy atom. The number of amides is 1. The molecule has 2 aromatic carbocycles. The van der Waals surface area contributed by atoms with E-state index in [4.69, 9.17) is 9.72 Å². The van der Waals surface area contributed by atoms with E-state index in [0.29, 0.717) is 6.42 Å². The lowest BCUT2D eigenvalue weighted by Gasteiger charge is -2.15. The maximum Gasteiger partial charge on any atom is 0.416 e. The second-order valence-electron chi connectivity index (χ2n) is 8.31. The summed E-state index contributed by atoms with van der Waals surface area (Å²) < 4.78 is 45.4. The average Bonchev–Trinajstić information content (AvgIpc) is 3.19. The molecule has 0 aliphatic carbocycles. The fourth-order valence-corrected chi connectivity index (χ4v) is 3.91. The zero-order chi connectivity index (χ0) is 25.2. The topological polar surface area (TPSA) is 88.8 Å². The zero-order valence-electron chi connectivity index (χ0n) is 19.3. The smallest absolute Gasteiger partial charge is 0.416 e. The molecule has 4 aromatic rings. The number of nitrogens with one attached hydrogen (secondary N) is 1. The third kappa shape index (κ3) is 5.54. The van der Waals surface area contributed by atoms with Crippen LogP contribution in [0.15, 0.2) is 48.5 Å². The van der Waals surface area contributed by atoms with Crippen molar-refractivity contribution < 1.29 is 27.8 Å². The van der Waals surface area contributed by atoms with E-state index in [1.165, 1.54) is 12.1 Å². The molecule has 2 heterocycles. The summed E-state index contributed by atoms with van der Waals surface area (Å²) in [5, 5.41) is 18.3. The minimum Gasteiger partial charge on any atom is -0.491 e. The van der Waals surface area contributed by atoms with Crippen molar-refractivity contribution in [2.45, 2.75) is 39.0 Å². The molecular formula is C25H25F3N4O3. The normalized spacial score (nSPS) is 12.7. The van der Waals surface area contributed by atoms with Gasteiger partial charge in [0, 0.05) is 29.7 Å². The highest BCUT2D eigenvalue weighted by Crippen LogP contribution is 2.31. The number of benzene rings is 2. The Morgan fingerprint density at radius 2 is 1.94 bits per heavy atom. The molecule has 10 heteroatoms. The number of fused-ring (bicyclic) bond motifs is 3. The Bertz CT molecular complexity index is 1370. The van der Waals surface area contributed by atoms with Crippen LogP contribution in [-0.4, -0.2) is 44.9 Å². The van der Waals surface area contributed by atoms with E-state index in [1.54, 1.807) is 4.52 Å². The minimum atomic E-state index is -4.48. The van der Waals surface area contributed by atoms with Crippen LogP contribution in [0.2, 0.25) is 0 Å². The van der Waals surface area contributed by atoms with Crippen LogP contribution in [0.3, 0.4) is 0 Å². The van der Waals surface area contributed by atoms with Crippen molar-refractivity contribution >= 4 is 22.5 Å². The molecule has 0 radical (unpaired) electrons. The summed E-state index contributed by atoms with van der Waals surface area (Å²) in [4.78, 5) is 17.0. The van der Waals surface area contributed by atoms with Crippen molar-refractivity contribution in [1.82, 2.24) is 19.9 Å². The molecule has 1 unspecified atom stereocenters. The van der Waals surface area contributed by atoms with Crippen molar-refractivity contribution in [3.05, 3.63) is 71.0 Å². The number of aromatic nitrogens is 3. The molecule has 1 amide bonds. The van der Waals surface area contributed by atoms with Crippen molar-refractivity contribution in [2.75, 3.05) is 13.2 Å². The molecule has 35 heavy (non-hydrogen) atoms. The van der Waals surface area contributed by atoms with Gasteiger partial charge in [0.25, 0.3) is 0 Å². The summed E-state index contributed by atoms with van der Waals surface area (Å²) in [6.45, 7) is 3.50. The van der Waals surface area contributed by atoms with Gasteiger partial charge in [-0.05, 0) is 56.2 Å². The van der Waals surface area contributed by atoms with Crippen molar-refractivity contribution in [3.8, 4) is 5.75 Å². The third-order valence-electron chi connectivity index (χ3n) is 5.76. The number of hydrogen-bond donors (Lipinski definition) is 2. The van der Waals surface area contributed by atoms with Gasteiger partial charge in [-0.1, -0.05) is 18.2 Å². The van der Waals surface area contributed by atoms with Crippen molar-refractivity contribution in [2.24, 2.45) is 0 Å². The zero-order valence-corrected chi connectivity index (χ0v) is 19.3. The van der Waals surface area contributed by atoms with Crippen LogP contribution in [-0.2, 0) is 17.4 Å². The van der Waals surface area contributed by atoms with Gasteiger partial charge >= 0.3 is 6.18 Å². The molecule has 2 aromatic heterocycles. The Hall–Kier alpha value is -3.66. The van der Waals surface area contributed by atoms with Gasteiger partial charge in [-0.25, -0.2) is 9.50 Å². The number of rotatable bonds is 8. The van der Waals surface area contributed by atoms with Crippen LogP contribution in [0.1, 0.15) is 28.9 Å². The fraction of sp³-hybridized carbons (Fsp3) is 0.320. The number of ether oxygens (including phenoxy) is 1. The van der Waals surface area contributed by atoms with Gasteiger partial charge in [-0.3, -0.25) is 4.79 Å². The van der Waals surface area contributed by atoms with E-state index in [1.807, 2.05) is 38.1 Å². The summed E-state index contributed by atoms with van der Waals surface area (Å²) in [5.74, 6) is -0.280. The molecule has 7 nitrogen and oxygen atoms in total. The van der Waals surface area contributed by atoms with Crippen LogP contribution in [0.4, 0.5) is 13.2 Å². The molecule has 1 atom stereocenters. The second kappa shape index (κ2) is 9.91. The molecule has 2 N–H and O–H groups in total. The third-order valence-corrected chi connectivity index (χ3v) is 5.76. The molecule has 0 saturated heterocycles. The monoisotopic (exact) mass is 486 g/mol. The first-order valence-electron chi connectivity index (χ1n) is 11.1. The number of halogens is 3. The summed E-state index contributed by atoms with van der Waals surface area (Å²) in [6.07, 6.45) is -4.93. The van der Waals surface area contributed by atoms with Gasteiger partial charge in [-0.15, -0.1) is 0 Å². The van der Waals surface area contributed by atoms with Gasteiger partial charge < -0.3 is 15.2 Å². The molecule has 0 saturated carbocycles. The fourth-order valence-electron chi connectivity index (χ4n) is 3.91. The number of alkyl halides is 3. The summed E-state index contributed by atoms with van der Waals surface area (Å²) >= 11 is 0. The quantitative estimate of drug-likeness (QED) is 0.393. The molecule has 0 aliphatic heterocycles. The lowest BCUT2D eigenvalue weighted by atomic mass is 10.1. The molecule has 0 bridgehead atoms. The van der Waals surface area contributed by atoms with E-state index in [2.05, 4.69) is 10.4 Å². The standard InChI is InChI=1S/C25H25F3N4O3/c1-15-20(16(2)32-24(30-15)21-8-3-4-9-22(21)31-32)10-11-23(34)29-13-18(33)14-35-19-7-5-6-17(12-19)25(26,27)28/h3-9,12,18,33H,10-11,13-14H2,1-2H3,(H,29,34). The van der Waals surface area contributed by atoms with E-state index in [-0.39, 0.29) is 31.2 Å². The number of aliphatic hydroxyl groups excluding tert-OH is 1. The van der Waals surface area contributed by atoms with E-state index in [0.717, 1.165) is 45.6 Å². The van der Waals surface area contributed by atoms with Gasteiger partial charge in [0.1, 0.15) is 18.5 Å². The highest BCUT2D eigenvalue weighted by molar-refractivity contribution is 5.92. The van der Waals surface area contributed by atoms with Crippen LogP contribution >= 0.6 is 0 Å². The number of nitrogens with zero attached hydrogens (tertiary/aromatic N) is 3. The van der Waals surface area contributed by atoms with E-state index < -0.39 is 17.8 Å². The predicted octanol–water partition coefficient (Wildman–Crippen LogP) is 4.01. The summed E-state index contributed by atoms with van der Waals surface area (Å²) in [7, 11) is 0. The number of carbonyl (C=O) groups is 1. The second-order valence-corrected chi connectivity index (χ2v) is 8.31. The van der Waals surface area contributed by atoms with Gasteiger partial charge in [0.15, 0.2) is 5.65 Å². The molecule has 0 aliphatic rings. The number of carbonyl (C=O) groups excluding carboxylic acids is 1. The number of aliphatic hydroxyl groups is 1. The van der Waals surface area contributed by atoms with E-state index >= 15 is 0 Å². The summed E-state index contributed by atoms with van der Waals surface area (Å²) in [5.41, 5.74) is 3.44. The number of aryl methyl sites for hydroxylation is 2. The van der Waals surface area contributed by atoms with Crippen LogP contribution in [0.5, 0.6) is 5.75 Å². The van der Waals surface area contributed by atoms with E-state index in [9.17, 15) is 23.1 Å². The Kier molecular flexibility index (Phi) is 6.93. The molecule has 0 spiro atoms. The first kappa shape index (κ1) is 24.5. The maximum atomic E-state index is 12.8. The van der Waals surface area contributed by atoms with Crippen molar-refractivity contribution in [3.63, 3.8) is 0 Å². The van der Waals surface area contributed by atoms with Gasteiger partial charge in [-0.2, -0.15) is 18.3 Å². The Morgan fingerprint density at radius 3 is 2.71 bits per heavy atom. The Labute approximate surface area is 199 Å². The van der Waals surface area contributed by atoms with Gasteiger partial charge in [0.2, 0.25) is 5.91 Å². The highest BCUT2D eigenvalue weighted by Gasteiger charge is 2.30. The van der Waals surface area contributed by atoms with Gasteiger partial charge in [0.05, 0.1) is 11.1 Å². The first-order valence-corrected chi connectivity index (χ1v) is 11.1. The molecule has 4 rings (SSSR count). The maximum absolute atomic E-state index is 12.8. The SMILES string of the molecule is Cc1nc2c3ccccc3nn2c(C)c1CCC(=O)NCC(O)COc1cccc(C(F)(F)F)c1. The Balaban J connectivity index is 1.30. The molecular weight excluding hydrogens is 461 g/mol. The van der Waals surface area contributed by atoms with Crippen LogP contribution in [0.25, 0.3) is 16.6 Å².